The van der Waals surface area contributed by atoms with Crippen molar-refractivity contribution in [2.75, 3.05) is 26.5 Å². The second-order valence-corrected chi connectivity index (χ2v) is 5.55. The first kappa shape index (κ1) is 13.5. The van der Waals surface area contributed by atoms with Gasteiger partial charge in [-0.05, 0) is 6.07 Å². The molecule has 0 radical (unpaired) electrons. The monoisotopic (exact) mass is 302 g/mol. The molecule has 3 heterocycles. The Morgan fingerprint density at radius 3 is 3.14 bits per heavy atom. The highest BCUT2D eigenvalue weighted by molar-refractivity contribution is 5.48. The topological polar surface area (TPSA) is 61.6 Å². The largest absolute Gasteiger partial charge is 0.454 e. The van der Waals surface area contributed by atoms with Gasteiger partial charge in [0.15, 0.2) is 17.3 Å². The van der Waals surface area contributed by atoms with Crippen molar-refractivity contribution < 1.29 is 14.2 Å². The fourth-order valence-corrected chi connectivity index (χ4v) is 2.94. The number of rotatable bonds is 3. The third-order valence-electron chi connectivity index (χ3n) is 4.06. The van der Waals surface area contributed by atoms with Gasteiger partial charge in [0.25, 0.3) is 0 Å². The van der Waals surface area contributed by atoms with Crippen LogP contribution < -0.4 is 9.47 Å². The first-order chi connectivity index (χ1) is 10.8. The van der Waals surface area contributed by atoms with Crippen LogP contribution in [0.2, 0.25) is 0 Å². The van der Waals surface area contributed by atoms with E-state index in [-0.39, 0.29) is 6.10 Å². The third-order valence-corrected chi connectivity index (χ3v) is 4.06. The lowest BCUT2D eigenvalue weighted by molar-refractivity contribution is -0.0387. The Hall–Kier alpha value is -2.12. The molecule has 0 N–H and O–H groups in total. The molecule has 22 heavy (non-hydrogen) atoms. The van der Waals surface area contributed by atoms with Crippen molar-refractivity contribution in [2.45, 2.75) is 12.6 Å². The SMILES string of the molecule is Cn1cnnc1[C@@H]1CN(Cc2cccc3c2OCO3)CCO1. The molecule has 4 rings (SSSR count). The predicted molar refractivity (Wildman–Crippen MR) is 77.5 cm³/mol. The lowest BCUT2D eigenvalue weighted by atomic mass is 10.1. The van der Waals surface area contributed by atoms with Crippen LogP contribution in [0.5, 0.6) is 11.5 Å². The number of aromatic nitrogens is 3. The molecule has 7 heteroatoms. The first-order valence-corrected chi connectivity index (χ1v) is 7.36. The number of hydrogen-bond acceptors (Lipinski definition) is 6. The number of aryl methyl sites for hydroxylation is 1. The molecule has 1 aromatic heterocycles. The number of nitrogens with zero attached hydrogens (tertiary/aromatic N) is 4. The van der Waals surface area contributed by atoms with Crippen LogP contribution in [0.1, 0.15) is 17.5 Å². The summed E-state index contributed by atoms with van der Waals surface area (Å²) < 4.78 is 18.8. The van der Waals surface area contributed by atoms with Gasteiger partial charge in [0, 0.05) is 32.2 Å². The fraction of sp³-hybridized carbons (Fsp3) is 0.467. The molecule has 2 aliphatic rings. The Bertz CT molecular complexity index is 673. The number of benzene rings is 1. The summed E-state index contributed by atoms with van der Waals surface area (Å²) in [6.45, 7) is 3.47. The van der Waals surface area contributed by atoms with Crippen molar-refractivity contribution in [3.63, 3.8) is 0 Å². The average molecular weight is 302 g/mol. The van der Waals surface area contributed by atoms with E-state index in [1.54, 1.807) is 6.33 Å². The lowest BCUT2D eigenvalue weighted by Gasteiger charge is -2.32. The van der Waals surface area contributed by atoms with Crippen LogP contribution in [0.25, 0.3) is 0 Å². The van der Waals surface area contributed by atoms with Crippen molar-refractivity contribution in [2.24, 2.45) is 7.05 Å². The summed E-state index contributed by atoms with van der Waals surface area (Å²) in [6, 6.07) is 6.03. The molecule has 1 fully saturated rings. The van der Waals surface area contributed by atoms with E-state index in [1.807, 2.05) is 23.7 Å². The molecule has 1 aromatic carbocycles. The molecule has 0 spiro atoms. The van der Waals surface area contributed by atoms with E-state index in [9.17, 15) is 0 Å². The van der Waals surface area contributed by atoms with Crippen LogP contribution in [0.15, 0.2) is 24.5 Å². The number of morpholine rings is 1. The highest BCUT2D eigenvalue weighted by Crippen LogP contribution is 2.36. The molecule has 0 unspecified atom stereocenters. The third kappa shape index (κ3) is 2.42. The van der Waals surface area contributed by atoms with Gasteiger partial charge >= 0.3 is 0 Å². The standard InChI is InChI=1S/C15H18N4O3/c1-18-9-16-17-15(18)13-8-19(5-6-20-13)7-11-3-2-4-12-14(11)22-10-21-12/h2-4,9,13H,5-8,10H2,1H3/t13-/m0/s1. The van der Waals surface area contributed by atoms with Crippen LogP contribution in [0, 0.1) is 0 Å². The van der Waals surface area contributed by atoms with Crippen LogP contribution in [-0.2, 0) is 18.3 Å². The van der Waals surface area contributed by atoms with E-state index < -0.39 is 0 Å². The van der Waals surface area contributed by atoms with E-state index in [4.69, 9.17) is 14.2 Å². The Morgan fingerprint density at radius 2 is 2.27 bits per heavy atom. The molecule has 0 bridgehead atoms. The van der Waals surface area contributed by atoms with Gasteiger partial charge in [0.2, 0.25) is 6.79 Å². The maximum atomic E-state index is 5.84. The second-order valence-electron chi connectivity index (χ2n) is 5.55. The number of hydrogen-bond donors (Lipinski definition) is 0. The number of ether oxygens (including phenoxy) is 3. The van der Waals surface area contributed by atoms with Crippen LogP contribution in [0.4, 0.5) is 0 Å². The minimum absolute atomic E-state index is 0.0461. The highest BCUT2D eigenvalue weighted by Gasteiger charge is 2.27. The molecule has 0 saturated carbocycles. The summed E-state index contributed by atoms with van der Waals surface area (Å²) in [5, 5.41) is 8.09. The van der Waals surface area contributed by atoms with Gasteiger partial charge in [0.1, 0.15) is 12.4 Å². The number of fused-ring (bicyclic) bond motifs is 1. The molecule has 2 aliphatic heterocycles. The van der Waals surface area contributed by atoms with Crippen molar-refractivity contribution in [1.82, 2.24) is 19.7 Å². The van der Waals surface area contributed by atoms with Gasteiger partial charge < -0.3 is 18.8 Å². The minimum Gasteiger partial charge on any atom is -0.454 e. The van der Waals surface area contributed by atoms with Gasteiger partial charge in [-0.2, -0.15) is 0 Å². The van der Waals surface area contributed by atoms with E-state index in [2.05, 4.69) is 21.2 Å². The molecule has 1 saturated heterocycles. The van der Waals surface area contributed by atoms with Crippen LogP contribution >= 0.6 is 0 Å². The van der Waals surface area contributed by atoms with Gasteiger partial charge in [0.05, 0.1) is 6.61 Å². The van der Waals surface area contributed by atoms with Crippen molar-refractivity contribution in [1.29, 1.82) is 0 Å². The normalized spacial score (nSPS) is 21.2. The van der Waals surface area contributed by atoms with Crippen LogP contribution in [-0.4, -0.2) is 46.2 Å². The van der Waals surface area contributed by atoms with E-state index in [0.29, 0.717) is 13.4 Å². The van der Waals surface area contributed by atoms with Gasteiger partial charge in [-0.1, -0.05) is 12.1 Å². The van der Waals surface area contributed by atoms with Crippen molar-refractivity contribution in [3.05, 3.63) is 35.9 Å². The molecule has 0 aliphatic carbocycles. The summed E-state index contributed by atoms with van der Waals surface area (Å²) in [5.74, 6) is 2.56. The lowest BCUT2D eigenvalue weighted by Crippen LogP contribution is -2.38. The van der Waals surface area contributed by atoms with E-state index in [1.165, 1.54) is 0 Å². The highest BCUT2D eigenvalue weighted by atomic mass is 16.7. The van der Waals surface area contributed by atoms with E-state index in [0.717, 1.165) is 42.5 Å². The summed E-state index contributed by atoms with van der Waals surface area (Å²) in [5.41, 5.74) is 1.15. The maximum Gasteiger partial charge on any atom is 0.231 e. The van der Waals surface area contributed by atoms with Gasteiger partial charge in [-0.3, -0.25) is 4.90 Å². The molecular formula is C15H18N4O3. The zero-order chi connectivity index (χ0) is 14.9. The molecule has 7 nitrogen and oxygen atoms in total. The second kappa shape index (κ2) is 5.58. The van der Waals surface area contributed by atoms with E-state index >= 15 is 0 Å². The molecular weight excluding hydrogens is 284 g/mol. The summed E-state index contributed by atoms with van der Waals surface area (Å²) >= 11 is 0. The first-order valence-electron chi connectivity index (χ1n) is 7.36. The molecule has 0 amide bonds. The number of para-hydroxylation sites is 1. The Labute approximate surface area is 128 Å². The zero-order valence-corrected chi connectivity index (χ0v) is 12.4. The van der Waals surface area contributed by atoms with Crippen molar-refractivity contribution in [3.8, 4) is 11.5 Å². The Kier molecular flexibility index (Phi) is 3.44. The average Bonchev–Trinajstić information content (AvgIpc) is 3.17. The molecule has 2 aromatic rings. The fourth-order valence-electron chi connectivity index (χ4n) is 2.94. The smallest absolute Gasteiger partial charge is 0.231 e. The van der Waals surface area contributed by atoms with Gasteiger partial charge in [-0.25, -0.2) is 0 Å². The summed E-state index contributed by atoms with van der Waals surface area (Å²) in [6.07, 6.45) is 1.66. The van der Waals surface area contributed by atoms with Gasteiger partial charge in [-0.15, -0.1) is 10.2 Å². The Balaban J connectivity index is 1.50. The predicted octanol–water partition coefficient (Wildman–Crippen LogP) is 1.12. The Morgan fingerprint density at radius 1 is 1.32 bits per heavy atom. The molecule has 1 atom stereocenters. The zero-order valence-electron chi connectivity index (χ0n) is 12.4. The maximum absolute atomic E-state index is 5.84. The summed E-state index contributed by atoms with van der Waals surface area (Å²) in [7, 11) is 1.94. The minimum atomic E-state index is -0.0461. The van der Waals surface area contributed by atoms with Crippen LogP contribution in [0.3, 0.4) is 0 Å². The van der Waals surface area contributed by atoms with Crippen molar-refractivity contribution >= 4 is 0 Å². The summed E-state index contributed by atoms with van der Waals surface area (Å²) in [4.78, 5) is 2.35. The quantitative estimate of drug-likeness (QED) is 0.846. The molecule has 116 valence electrons.